The highest BCUT2D eigenvalue weighted by Crippen LogP contribution is 2.17. The summed E-state index contributed by atoms with van der Waals surface area (Å²) in [6, 6.07) is 4.12. The van der Waals surface area contributed by atoms with E-state index in [0.29, 0.717) is 24.9 Å². The fraction of sp³-hybridized carbons (Fsp3) is 0.400. The molecule has 0 aliphatic carbocycles. The number of likely N-dealkylation sites (tertiary alicyclic amines) is 1. The molecule has 1 atom stereocenters. The second-order valence-electron chi connectivity index (χ2n) is 4.66. The van der Waals surface area contributed by atoms with Gasteiger partial charge in [0, 0.05) is 25.1 Å². The maximum absolute atomic E-state index is 13.8. The fourth-order valence-corrected chi connectivity index (χ4v) is 2.08. The van der Waals surface area contributed by atoms with Crippen molar-refractivity contribution in [2.45, 2.75) is 18.9 Å². The van der Waals surface area contributed by atoms with E-state index in [1.165, 1.54) is 23.1 Å². The first-order chi connectivity index (χ1) is 9.61. The van der Waals surface area contributed by atoms with Gasteiger partial charge in [-0.1, -0.05) is 11.8 Å². The minimum absolute atomic E-state index is 0.0325. The first-order valence-corrected chi connectivity index (χ1v) is 6.48. The molecule has 5 heteroatoms. The summed E-state index contributed by atoms with van der Waals surface area (Å²) < 4.78 is 13.8. The van der Waals surface area contributed by atoms with E-state index in [9.17, 15) is 14.3 Å². The number of hydrogen-bond acceptors (Lipinski definition) is 3. The summed E-state index contributed by atoms with van der Waals surface area (Å²) in [5, 5.41) is 18.1. The van der Waals surface area contributed by atoms with Gasteiger partial charge in [-0.05, 0) is 24.6 Å². The molecule has 2 N–H and O–H groups in total. The maximum Gasteiger partial charge on any atom is 0.256 e. The molecular formula is C15H16FNO3. The number of hydrogen-bond donors (Lipinski definition) is 2. The van der Waals surface area contributed by atoms with E-state index in [1.54, 1.807) is 0 Å². The average Bonchev–Trinajstić information content (AvgIpc) is 2.87. The molecule has 4 nitrogen and oxygen atoms in total. The van der Waals surface area contributed by atoms with Crippen molar-refractivity contribution < 1.29 is 19.4 Å². The van der Waals surface area contributed by atoms with Crippen molar-refractivity contribution in [3.63, 3.8) is 0 Å². The van der Waals surface area contributed by atoms with Crippen LogP contribution >= 0.6 is 0 Å². The standard InChI is InChI=1S/C15H16FNO3/c16-14-5-4-11(3-1-2-8-18)9-13(14)15(20)17-7-6-12(19)10-17/h4-5,9,12,18-19H,2,6-8,10H2. The zero-order chi connectivity index (χ0) is 14.5. The first kappa shape index (κ1) is 14.5. The first-order valence-electron chi connectivity index (χ1n) is 6.48. The molecule has 1 aliphatic rings. The van der Waals surface area contributed by atoms with E-state index in [-0.39, 0.29) is 18.7 Å². The fourth-order valence-electron chi connectivity index (χ4n) is 2.08. The summed E-state index contributed by atoms with van der Waals surface area (Å²) in [5.41, 5.74) is 0.498. The summed E-state index contributed by atoms with van der Waals surface area (Å²) >= 11 is 0. The van der Waals surface area contributed by atoms with Crippen molar-refractivity contribution in [1.29, 1.82) is 0 Å². The van der Waals surface area contributed by atoms with Gasteiger partial charge >= 0.3 is 0 Å². The third-order valence-electron chi connectivity index (χ3n) is 3.12. The smallest absolute Gasteiger partial charge is 0.256 e. The molecule has 1 aliphatic heterocycles. The number of rotatable bonds is 2. The van der Waals surface area contributed by atoms with Gasteiger partial charge in [0.2, 0.25) is 0 Å². The Labute approximate surface area is 116 Å². The van der Waals surface area contributed by atoms with Crippen molar-refractivity contribution in [3.05, 3.63) is 35.1 Å². The monoisotopic (exact) mass is 277 g/mol. The quantitative estimate of drug-likeness (QED) is 0.785. The van der Waals surface area contributed by atoms with Crippen LogP contribution in [0, 0.1) is 17.7 Å². The summed E-state index contributed by atoms with van der Waals surface area (Å²) in [7, 11) is 0. The number of benzene rings is 1. The zero-order valence-electron chi connectivity index (χ0n) is 11.0. The van der Waals surface area contributed by atoms with Gasteiger partial charge < -0.3 is 15.1 Å². The Kier molecular flexibility index (Phi) is 4.72. The van der Waals surface area contributed by atoms with Gasteiger partial charge in [-0.3, -0.25) is 4.79 Å². The van der Waals surface area contributed by atoms with Crippen LogP contribution in [0.2, 0.25) is 0 Å². The molecular weight excluding hydrogens is 261 g/mol. The van der Waals surface area contributed by atoms with Crippen LogP contribution in [0.5, 0.6) is 0 Å². The summed E-state index contributed by atoms with van der Waals surface area (Å²) in [6.07, 6.45) is 0.317. The van der Waals surface area contributed by atoms with Gasteiger partial charge in [-0.15, -0.1) is 0 Å². The molecule has 0 aromatic heterocycles. The topological polar surface area (TPSA) is 60.8 Å². The number of nitrogens with zero attached hydrogens (tertiary/aromatic N) is 1. The molecule has 1 unspecified atom stereocenters. The summed E-state index contributed by atoms with van der Waals surface area (Å²) in [4.78, 5) is 13.6. The van der Waals surface area contributed by atoms with E-state index >= 15 is 0 Å². The molecule has 1 aromatic rings. The van der Waals surface area contributed by atoms with Crippen LogP contribution in [0.3, 0.4) is 0 Å². The molecule has 0 saturated carbocycles. The Morgan fingerprint density at radius 1 is 1.50 bits per heavy atom. The molecule has 0 radical (unpaired) electrons. The Hall–Kier alpha value is -1.90. The average molecular weight is 277 g/mol. The second kappa shape index (κ2) is 6.51. The van der Waals surface area contributed by atoms with Crippen LogP contribution < -0.4 is 0 Å². The van der Waals surface area contributed by atoms with Gasteiger partial charge in [0.05, 0.1) is 18.3 Å². The molecule has 106 valence electrons. The number of carbonyl (C=O) groups is 1. The van der Waals surface area contributed by atoms with E-state index in [4.69, 9.17) is 5.11 Å². The van der Waals surface area contributed by atoms with Crippen LogP contribution in [0.25, 0.3) is 0 Å². The highest BCUT2D eigenvalue weighted by atomic mass is 19.1. The van der Waals surface area contributed by atoms with Gasteiger partial charge in [0.15, 0.2) is 0 Å². The second-order valence-corrected chi connectivity index (χ2v) is 4.66. The minimum Gasteiger partial charge on any atom is -0.395 e. The van der Waals surface area contributed by atoms with Gasteiger partial charge in [0.25, 0.3) is 5.91 Å². The molecule has 0 bridgehead atoms. The van der Waals surface area contributed by atoms with Crippen molar-refractivity contribution >= 4 is 5.91 Å². The predicted molar refractivity (Wildman–Crippen MR) is 71.5 cm³/mol. The molecule has 1 saturated heterocycles. The van der Waals surface area contributed by atoms with Crippen molar-refractivity contribution in [1.82, 2.24) is 4.90 Å². The predicted octanol–water partition coefficient (Wildman–Crippen LogP) is 0.766. The third kappa shape index (κ3) is 3.35. The highest BCUT2D eigenvalue weighted by molar-refractivity contribution is 5.95. The Balaban J connectivity index is 2.20. The van der Waals surface area contributed by atoms with Gasteiger partial charge in [-0.25, -0.2) is 4.39 Å². The Morgan fingerprint density at radius 2 is 2.30 bits per heavy atom. The molecule has 1 amide bonds. The lowest BCUT2D eigenvalue weighted by molar-refractivity contribution is 0.0760. The molecule has 20 heavy (non-hydrogen) atoms. The highest BCUT2D eigenvalue weighted by Gasteiger charge is 2.27. The van der Waals surface area contributed by atoms with Crippen LogP contribution in [0.4, 0.5) is 4.39 Å². The molecule has 1 heterocycles. The summed E-state index contributed by atoms with van der Waals surface area (Å²) in [5.74, 6) is 4.48. The normalized spacial score (nSPS) is 17.8. The molecule has 1 aromatic carbocycles. The van der Waals surface area contributed by atoms with E-state index in [0.717, 1.165) is 0 Å². The van der Waals surface area contributed by atoms with Crippen molar-refractivity contribution in [2.75, 3.05) is 19.7 Å². The van der Waals surface area contributed by atoms with E-state index in [2.05, 4.69) is 11.8 Å². The minimum atomic E-state index is -0.593. The lowest BCUT2D eigenvalue weighted by Crippen LogP contribution is -2.30. The number of halogens is 1. The van der Waals surface area contributed by atoms with Crippen molar-refractivity contribution in [2.24, 2.45) is 0 Å². The van der Waals surface area contributed by atoms with Crippen LogP contribution in [0.1, 0.15) is 28.8 Å². The molecule has 0 spiro atoms. The number of amides is 1. The number of aliphatic hydroxyl groups is 2. The third-order valence-corrected chi connectivity index (χ3v) is 3.12. The van der Waals surface area contributed by atoms with Gasteiger partial charge in [0.1, 0.15) is 5.82 Å². The van der Waals surface area contributed by atoms with Crippen LogP contribution in [-0.4, -0.2) is 46.8 Å². The van der Waals surface area contributed by atoms with E-state index < -0.39 is 17.8 Å². The lowest BCUT2D eigenvalue weighted by Gasteiger charge is -2.16. The van der Waals surface area contributed by atoms with E-state index in [1.807, 2.05) is 0 Å². The van der Waals surface area contributed by atoms with Crippen molar-refractivity contribution in [3.8, 4) is 11.8 Å². The number of aliphatic hydroxyl groups excluding tert-OH is 2. The van der Waals surface area contributed by atoms with Gasteiger partial charge in [-0.2, -0.15) is 0 Å². The zero-order valence-corrected chi connectivity index (χ0v) is 11.0. The Morgan fingerprint density at radius 3 is 2.95 bits per heavy atom. The summed E-state index contributed by atoms with van der Waals surface area (Å²) in [6.45, 7) is 0.629. The largest absolute Gasteiger partial charge is 0.395 e. The van der Waals surface area contributed by atoms with Crippen LogP contribution in [0.15, 0.2) is 18.2 Å². The molecule has 1 fully saturated rings. The maximum atomic E-state index is 13.8. The Bertz CT molecular complexity index is 562. The number of β-amino-alcohol motifs (C(OH)–C–C–N with tert-alkyl or cyclic N) is 1. The van der Waals surface area contributed by atoms with Crippen LogP contribution in [-0.2, 0) is 0 Å². The number of carbonyl (C=O) groups excluding carboxylic acids is 1. The molecule has 2 rings (SSSR count). The SMILES string of the molecule is O=C(c1cc(C#CCCO)ccc1F)N1CCC(O)C1. The lowest BCUT2D eigenvalue weighted by atomic mass is 10.1.